The largest absolute Gasteiger partial charge is 0.465 e. The number of hydrogen-bond acceptors (Lipinski definition) is 5. The van der Waals surface area contributed by atoms with Crippen LogP contribution in [-0.4, -0.2) is 37.9 Å². The van der Waals surface area contributed by atoms with Crippen molar-refractivity contribution in [3.63, 3.8) is 0 Å². The average Bonchev–Trinajstić information content (AvgIpc) is 3.05. The molecule has 1 saturated heterocycles. The number of esters is 1. The highest BCUT2D eigenvalue weighted by molar-refractivity contribution is 6.08. The molecule has 120 valence electrons. The Labute approximate surface area is 130 Å². The van der Waals surface area contributed by atoms with Crippen LogP contribution < -0.4 is 0 Å². The third-order valence-electron chi connectivity index (χ3n) is 3.57. The number of hydrogen-bond donors (Lipinski definition) is 0. The summed E-state index contributed by atoms with van der Waals surface area (Å²) in [6, 6.07) is 8.85. The van der Waals surface area contributed by atoms with Crippen LogP contribution in [0.1, 0.15) is 36.5 Å². The second-order valence-corrected chi connectivity index (χ2v) is 5.14. The molecule has 1 fully saturated rings. The molecule has 5 nitrogen and oxygen atoms in total. The lowest BCUT2D eigenvalue weighted by Gasteiger charge is -2.15. The van der Waals surface area contributed by atoms with Gasteiger partial charge in [-0.3, -0.25) is 9.59 Å². The summed E-state index contributed by atoms with van der Waals surface area (Å²) >= 11 is 0. The Morgan fingerprint density at radius 3 is 2.55 bits per heavy atom. The van der Waals surface area contributed by atoms with Gasteiger partial charge in [0, 0.05) is 5.56 Å². The Morgan fingerprint density at radius 2 is 1.91 bits per heavy atom. The molecule has 0 aliphatic carbocycles. The zero-order valence-electron chi connectivity index (χ0n) is 12.8. The lowest BCUT2D eigenvalue weighted by Crippen LogP contribution is -2.27. The van der Waals surface area contributed by atoms with Crippen molar-refractivity contribution >= 4 is 11.8 Å². The van der Waals surface area contributed by atoms with E-state index in [1.807, 2.05) is 6.07 Å². The van der Waals surface area contributed by atoms with Crippen LogP contribution >= 0.6 is 0 Å². The van der Waals surface area contributed by atoms with E-state index in [0.717, 1.165) is 0 Å². The van der Waals surface area contributed by atoms with Crippen molar-refractivity contribution in [1.82, 2.24) is 0 Å². The van der Waals surface area contributed by atoms with Gasteiger partial charge < -0.3 is 14.2 Å². The molecular weight excluding hydrogens is 284 g/mol. The fourth-order valence-corrected chi connectivity index (χ4v) is 2.46. The van der Waals surface area contributed by atoms with Crippen LogP contribution in [0.25, 0.3) is 0 Å². The second-order valence-electron chi connectivity index (χ2n) is 5.14. The first-order valence-corrected chi connectivity index (χ1v) is 7.71. The van der Waals surface area contributed by atoms with Crippen molar-refractivity contribution < 1.29 is 23.8 Å². The Bertz CT molecular complexity index is 479. The van der Waals surface area contributed by atoms with E-state index in [-0.39, 0.29) is 18.7 Å². The van der Waals surface area contributed by atoms with Crippen molar-refractivity contribution in [2.24, 2.45) is 5.92 Å². The summed E-state index contributed by atoms with van der Waals surface area (Å²) in [6.07, 6.45) is 1.58. The first-order valence-electron chi connectivity index (χ1n) is 7.71. The lowest BCUT2D eigenvalue weighted by atomic mass is 9.92. The highest BCUT2D eigenvalue weighted by atomic mass is 16.7. The predicted molar refractivity (Wildman–Crippen MR) is 80.4 cm³/mol. The molecule has 0 saturated carbocycles. The van der Waals surface area contributed by atoms with Crippen LogP contribution in [0, 0.1) is 5.92 Å². The lowest BCUT2D eigenvalue weighted by molar-refractivity contribution is -0.146. The quantitative estimate of drug-likeness (QED) is 0.420. The molecule has 0 spiro atoms. The van der Waals surface area contributed by atoms with Crippen molar-refractivity contribution in [2.75, 3.05) is 19.8 Å². The molecule has 0 radical (unpaired) electrons. The molecule has 5 heteroatoms. The number of Topliss-reactive ketones (excluding diaryl/α,β-unsaturated/α-hetero) is 1. The monoisotopic (exact) mass is 306 g/mol. The van der Waals surface area contributed by atoms with E-state index < -0.39 is 11.9 Å². The number of carbonyl (C=O) groups is 2. The summed E-state index contributed by atoms with van der Waals surface area (Å²) in [5, 5.41) is 0. The molecule has 2 rings (SSSR count). The average molecular weight is 306 g/mol. The number of benzene rings is 1. The molecule has 1 aliphatic heterocycles. The zero-order valence-corrected chi connectivity index (χ0v) is 12.8. The molecule has 1 aromatic rings. The molecular formula is C17H22O5. The van der Waals surface area contributed by atoms with Gasteiger partial charge >= 0.3 is 5.97 Å². The highest BCUT2D eigenvalue weighted by Gasteiger charge is 2.29. The molecule has 1 heterocycles. The van der Waals surface area contributed by atoms with Gasteiger partial charge in [-0.05, 0) is 26.2 Å². The van der Waals surface area contributed by atoms with E-state index in [1.165, 1.54) is 0 Å². The molecule has 0 amide bonds. The minimum atomic E-state index is -0.760. The van der Waals surface area contributed by atoms with Gasteiger partial charge in [0.25, 0.3) is 0 Å². The Kier molecular flexibility index (Phi) is 6.55. The van der Waals surface area contributed by atoms with Gasteiger partial charge in [0.05, 0.1) is 19.8 Å². The maximum atomic E-state index is 12.5. The predicted octanol–water partition coefficient (Wildman–Crippen LogP) is 2.59. The molecule has 1 aliphatic rings. The van der Waals surface area contributed by atoms with Gasteiger partial charge in [0.1, 0.15) is 5.92 Å². The first kappa shape index (κ1) is 16.6. The van der Waals surface area contributed by atoms with Crippen molar-refractivity contribution in [3.05, 3.63) is 35.9 Å². The van der Waals surface area contributed by atoms with E-state index in [9.17, 15) is 9.59 Å². The standard InChI is InChI=1S/C17H22O5/c1-2-20-17(19)14(9-6-10-15-21-11-12-22-15)16(18)13-7-4-3-5-8-13/h3-5,7-8,14-15H,2,6,9-12H2,1H3. The fourth-order valence-electron chi connectivity index (χ4n) is 2.46. The second kappa shape index (κ2) is 8.66. The van der Waals surface area contributed by atoms with Gasteiger partial charge in [-0.2, -0.15) is 0 Å². The Hall–Kier alpha value is -1.72. The molecule has 0 N–H and O–H groups in total. The van der Waals surface area contributed by atoms with Crippen LogP contribution in [0.3, 0.4) is 0 Å². The van der Waals surface area contributed by atoms with Crippen LogP contribution in [0.4, 0.5) is 0 Å². The molecule has 1 atom stereocenters. The summed E-state index contributed by atoms with van der Waals surface area (Å²) in [5.74, 6) is -1.40. The van der Waals surface area contributed by atoms with E-state index in [0.29, 0.717) is 38.0 Å². The summed E-state index contributed by atoms with van der Waals surface area (Å²) in [7, 11) is 0. The molecule has 1 unspecified atom stereocenters. The third kappa shape index (κ3) is 4.64. The van der Waals surface area contributed by atoms with E-state index in [1.54, 1.807) is 31.2 Å². The Balaban J connectivity index is 1.95. The number of ether oxygens (including phenoxy) is 3. The van der Waals surface area contributed by atoms with Gasteiger partial charge in [0.2, 0.25) is 0 Å². The fraction of sp³-hybridized carbons (Fsp3) is 0.529. The van der Waals surface area contributed by atoms with Gasteiger partial charge in [0.15, 0.2) is 12.1 Å². The van der Waals surface area contributed by atoms with Crippen molar-refractivity contribution in [3.8, 4) is 0 Å². The topological polar surface area (TPSA) is 61.8 Å². The summed E-state index contributed by atoms with van der Waals surface area (Å²) < 4.78 is 15.8. The number of ketones is 1. The minimum Gasteiger partial charge on any atom is -0.465 e. The molecule has 1 aromatic carbocycles. The summed E-state index contributed by atoms with van der Waals surface area (Å²) in [5.41, 5.74) is 0.536. The maximum absolute atomic E-state index is 12.5. The number of carbonyl (C=O) groups excluding carboxylic acids is 2. The summed E-state index contributed by atoms with van der Waals surface area (Å²) in [4.78, 5) is 24.6. The molecule has 22 heavy (non-hydrogen) atoms. The van der Waals surface area contributed by atoms with Crippen LogP contribution in [0.5, 0.6) is 0 Å². The third-order valence-corrected chi connectivity index (χ3v) is 3.57. The molecule has 0 aromatic heterocycles. The van der Waals surface area contributed by atoms with E-state index in [4.69, 9.17) is 14.2 Å². The Morgan fingerprint density at radius 1 is 1.23 bits per heavy atom. The van der Waals surface area contributed by atoms with Crippen molar-refractivity contribution in [1.29, 1.82) is 0 Å². The normalized spacial score (nSPS) is 16.4. The van der Waals surface area contributed by atoms with Crippen LogP contribution in [-0.2, 0) is 19.0 Å². The van der Waals surface area contributed by atoms with Crippen LogP contribution in [0.2, 0.25) is 0 Å². The van der Waals surface area contributed by atoms with Crippen LogP contribution in [0.15, 0.2) is 30.3 Å². The van der Waals surface area contributed by atoms with Gasteiger partial charge in [-0.25, -0.2) is 0 Å². The van der Waals surface area contributed by atoms with E-state index in [2.05, 4.69) is 0 Å². The minimum absolute atomic E-state index is 0.188. The number of rotatable bonds is 8. The zero-order chi connectivity index (χ0) is 15.8. The highest BCUT2D eigenvalue weighted by Crippen LogP contribution is 2.20. The van der Waals surface area contributed by atoms with Crippen molar-refractivity contribution in [2.45, 2.75) is 32.5 Å². The van der Waals surface area contributed by atoms with Gasteiger partial charge in [-0.1, -0.05) is 30.3 Å². The SMILES string of the molecule is CCOC(=O)C(CCCC1OCCO1)C(=O)c1ccccc1. The van der Waals surface area contributed by atoms with Gasteiger partial charge in [-0.15, -0.1) is 0 Å². The maximum Gasteiger partial charge on any atom is 0.316 e. The van der Waals surface area contributed by atoms with E-state index >= 15 is 0 Å². The molecule has 0 bridgehead atoms. The smallest absolute Gasteiger partial charge is 0.316 e. The first-order chi connectivity index (χ1) is 10.7. The summed E-state index contributed by atoms with van der Waals surface area (Å²) in [6.45, 7) is 3.22.